The van der Waals surface area contributed by atoms with Gasteiger partial charge in [-0.25, -0.2) is 4.79 Å². The molecular weight excluding hydrogens is 446 g/mol. The topological polar surface area (TPSA) is 82.2 Å². The van der Waals surface area contributed by atoms with Crippen molar-refractivity contribution < 1.29 is 27.9 Å². The van der Waals surface area contributed by atoms with Crippen LogP contribution in [0.4, 0.5) is 13.6 Å². The highest BCUT2D eigenvalue weighted by Gasteiger charge is 2.49. The molecule has 0 aliphatic carbocycles. The van der Waals surface area contributed by atoms with Crippen LogP contribution in [-0.4, -0.2) is 71.9 Å². The van der Waals surface area contributed by atoms with Gasteiger partial charge in [0.25, 0.3) is 5.91 Å². The third kappa shape index (κ3) is 5.01. The number of hydrogen-bond donors (Lipinski definition) is 1. The number of carbonyl (C=O) groups is 3. The highest BCUT2D eigenvalue weighted by atomic mass is 19.3. The van der Waals surface area contributed by atoms with Gasteiger partial charge in [-0.1, -0.05) is 42.5 Å². The Labute approximate surface area is 196 Å². The summed E-state index contributed by atoms with van der Waals surface area (Å²) in [4.78, 5) is 43.3. The summed E-state index contributed by atoms with van der Waals surface area (Å²) in [6.07, 6.45) is 0. The first-order valence-electron chi connectivity index (χ1n) is 11.0. The van der Waals surface area contributed by atoms with Crippen molar-refractivity contribution in [3.05, 3.63) is 65.7 Å². The van der Waals surface area contributed by atoms with Gasteiger partial charge in [-0.3, -0.25) is 19.4 Å². The minimum Gasteiger partial charge on any atom is -0.435 e. The number of piperazine rings is 1. The van der Waals surface area contributed by atoms with Gasteiger partial charge in [-0.2, -0.15) is 8.78 Å². The number of nitrogens with zero attached hydrogens (tertiary/aromatic N) is 3. The molecular formula is C24H26F2N4O4. The Morgan fingerprint density at radius 3 is 2.29 bits per heavy atom. The van der Waals surface area contributed by atoms with Crippen LogP contribution in [0.3, 0.4) is 0 Å². The zero-order valence-corrected chi connectivity index (χ0v) is 18.7. The van der Waals surface area contributed by atoms with Crippen LogP contribution in [0.2, 0.25) is 0 Å². The summed E-state index contributed by atoms with van der Waals surface area (Å²) in [5.41, 5.74) is 0.196. The lowest BCUT2D eigenvalue weighted by atomic mass is 9.92. The molecule has 4 amide bonds. The predicted molar refractivity (Wildman–Crippen MR) is 119 cm³/mol. The van der Waals surface area contributed by atoms with Crippen LogP contribution >= 0.6 is 0 Å². The van der Waals surface area contributed by atoms with Crippen molar-refractivity contribution in [2.75, 3.05) is 32.7 Å². The average molecular weight is 472 g/mol. The van der Waals surface area contributed by atoms with Gasteiger partial charge in [0, 0.05) is 32.7 Å². The van der Waals surface area contributed by atoms with Crippen LogP contribution in [0.5, 0.6) is 5.75 Å². The molecule has 0 bridgehead atoms. The third-order valence-corrected chi connectivity index (χ3v) is 6.20. The van der Waals surface area contributed by atoms with E-state index in [1.807, 2.05) is 18.2 Å². The van der Waals surface area contributed by atoms with Gasteiger partial charge < -0.3 is 15.0 Å². The van der Waals surface area contributed by atoms with E-state index in [1.165, 1.54) is 36.8 Å². The molecule has 0 saturated carbocycles. The number of imide groups is 1. The van der Waals surface area contributed by atoms with Crippen molar-refractivity contribution in [3.8, 4) is 5.75 Å². The normalized spacial score (nSPS) is 21.2. The molecule has 2 aromatic rings. The van der Waals surface area contributed by atoms with E-state index in [4.69, 9.17) is 0 Å². The fraction of sp³-hybridized carbons (Fsp3) is 0.375. The zero-order chi connectivity index (χ0) is 24.3. The number of nitrogens with one attached hydrogen (secondary N) is 1. The highest BCUT2D eigenvalue weighted by Crippen LogP contribution is 2.30. The van der Waals surface area contributed by atoms with Gasteiger partial charge in [0.1, 0.15) is 17.8 Å². The number of ether oxygens (including phenoxy) is 1. The summed E-state index contributed by atoms with van der Waals surface area (Å²) in [5, 5.41) is 2.62. The van der Waals surface area contributed by atoms with E-state index in [1.54, 1.807) is 4.90 Å². The van der Waals surface area contributed by atoms with Crippen molar-refractivity contribution in [2.24, 2.45) is 0 Å². The van der Waals surface area contributed by atoms with Gasteiger partial charge in [0.15, 0.2) is 0 Å². The summed E-state index contributed by atoms with van der Waals surface area (Å²) < 4.78 is 29.1. The monoisotopic (exact) mass is 472 g/mol. The lowest BCUT2D eigenvalue weighted by Gasteiger charge is -2.35. The summed E-state index contributed by atoms with van der Waals surface area (Å²) in [6, 6.07) is 14.9. The molecule has 4 rings (SSSR count). The summed E-state index contributed by atoms with van der Waals surface area (Å²) in [5.74, 6) is -0.929. The van der Waals surface area contributed by atoms with Gasteiger partial charge in [-0.05, 0) is 30.2 Å². The molecule has 2 heterocycles. The van der Waals surface area contributed by atoms with Crippen LogP contribution in [0.25, 0.3) is 0 Å². The number of rotatable bonds is 7. The van der Waals surface area contributed by atoms with E-state index in [9.17, 15) is 23.2 Å². The van der Waals surface area contributed by atoms with Crippen LogP contribution in [0.1, 0.15) is 18.1 Å². The number of urea groups is 1. The Morgan fingerprint density at radius 2 is 1.68 bits per heavy atom. The second-order valence-corrected chi connectivity index (χ2v) is 8.49. The molecule has 0 radical (unpaired) electrons. The van der Waals surface area contributed by atoms with Crippen LogP contribution in [-0.2, 0) is 21.7 Å². The number of benzene rings is 2. The second-order valence-electron chi connectivity index (χ2n) is 8.49. The van der Waals surface area contributed by atoms with E-state index in [0.717, 1.165) is 11.4 Å². The smallest absolute Gasteiger partial charge is 0.387 e. The largest absolute Gasteiger partial charge is 0.435 e. The number of amides is 4. The Hall–Kier alpha value is -3.53. The van der Waals surface area contributed by atoms with Gasteiger partial charge in [0.2, 0.25) is 5.91 Å². The van der Waals surface area contributed by atoms with Crippen molar-refractivity contribution >= 4 is 17.8 Å². The number of hydrogen-bond acceptors (Lipinski definition) is 5. The summed E-state index contributed by atoms with van der Waals surface area (Å²) >= 11 is 0. The molecule has 1 N–H and O–H groups in total. The summed E-state index contributed by atoms with van der Waals surface area (Å²) in [6.45, 7) is 1.42. The van der Waals surface area contributed by atoms with Crippen LogP contribution in [0.15, 0.2) is 54.6 Å². The first kappa shape index (κ1) is 23.6. The zero-order valence-electron chi connectivity index (χ0n) is 18.7. The van der Waals surface area contributed by atoms with Crippen molar-refractivity contribution in [1.82, 2.24) is 20.0 Å². The lowest BCUT2D eigenvalue weighted by molar-refractivity contribution is -0.139. The maximum Gasteiger partial charge on any atom is 0.387 e. The Balaban J connectivity index is 1.34. The molecule has 2 aliphatic rings. The SMILES string of the molecule is CC1(c2ccc(OC(F)F)cc2)NC(=O)N(CC(=O)N2CCN(Cc3ccccc3)CC2)C1=O. The van der Waals surface area contributed by atoms with Crippen molar-refractivity contribution in [3.63, 3.8) is 0 Å². The molecule has 0 spiro atoms. The Morgan fingerprint density at radius 1 is 1.03 bits per heavy atom. The minimum absolute atomic E-state index is 0.0578. The quantitative estimate of drug-likeness (QED) is 0.626. The van der Waals surface area contributed by atoms with E-state index in [2.05, 4.69) is 27.1 Å². The first-order chi connectivity index (χ1) is 16.3. The molecule has 34 heavy (non-hydrogen) atoms. The van der Waals surface area contributed by atoms with E-state index in [-0.39, 0.29) is 18.2 Å². The molecule has 1 atom stereocenters. The lowest BCUT2D eigenvalue weighted by Crippen LogP contribution is -2.51. The Bertz CT molecular complexity index is 1040. The van der Waals surface area contributed by atoms with Crippen molar-refractivity contribution in [1.29, 1.82) is 0 Å². The second kappa shape index (κ2) is 9.76. The average Bonchev–Trinajstić information content (AvgIpc) is 3.04. The van der Waals surface area contributed by atoms with E-state index >= 15 is 0 Å². The van der Waals surface area contributed by atoms with Crippen LogP contribution < -0.4 is 10.1 Å². The van der Waals surface area contributed by atoms with E-state index in [0.29, 0.717) is 31.7 Å². The molecule has 8 nitrogen and oxygen atoms in total. The Kier molecular flexibility index (Phi) is 6.78. The molecule has 2 aromatic carbocycles. The van der Waals surface area contributed by atoms with Gasteiger partial charge >= 0.3 is 12.6 Å². The number of carbonyl (C=O) groups excluding carboxylic acids is 3. The standard InChI is InChI=1S/C24H26F2N4O4/c1-24(18-7-9-19(10-8-18)34-22(25)26)21(32)30(23(33)27-24)16-20(31)29-13-11-28(12-14-29)15-17-5-3-2-4-6-17/h2-10,22H,11-16H2,1H3,(H,27,33). The highest BCUT2D eigenvalue weighted by molar-refractivity contribution is 6.09. The maximum atomic E-state index is 13.1. The fourth-order valence-corrected chi connectivity index (χ4v) is 4.24. The predicted octanol–water partition coefficient (Wildman–Crippen LogP) is 2.40. The van der Waals surface area contributed by atoms with Gasteiger partial charge in [0.05, 0.1) is 0 Å². The van der Waals surface area contributed by atoms with Gasteiger partial charge in [-0.15, -0.1) is 0 Å². The maximum absolute atomic E-state index is 13.1. The molecule has 0 aromatic heterocycles. The minimum atomic E-state index is -2.96. The van der Waals surface area contributed by atoms with Crippen molar-refractivity contribution in [2.45, 2.75) is 25.6 Å². The molecule has 180 valence electrons. The van der Waals surface area contributed by atoms with E-state index < -0.39 is 24.1 Å². The summed E-state index contributed by atoms with van der Waals surface area (Å²) in [7, 11) is 0. The molecule has 2 saturated heterocycles. The number of alkyl halides is 2. The molecule has 2 fully saturated rings. The number of halogens is 2. The third-order valence-electron chi connectivity index (χ3n) is 6.20. The van der Waals surface area contributed by atoms with Crippen LogP contribution in [0, 0.1) is 0 Å². The molecule has 1 unspecified atom stereocenters. The molecule has 10 heteroatoms. The first-order valence-corrected chi connectivity index (χ1v) is 11.0. The fourth-order valence-electron chi connectivity index (χ4n) is 4.24. The molecule has 2 aliphatic heterocycles.